The van der Waals surface area contributed by atoms with Crippen LogP contribution in [-0.4, -0.2) is 46.3 Å². The van der Waals surface area contributed by atoms with Gasteiger partial charge in [0.1, 0.15) is 46.3 Å². The second-order valence-electron chi connectivity index (χ2n) is 5.87. The molecule has 0 N–H and O–H groups in total. The van der Waals surface area contributed by atoms with Crippen molar-refractivity contribution in [2.45, 2.75) is 58.8 Å². The first-order chi connectivity index (χ1) is 11.5. The lowest BCUT2D eigenvalue weighted by Crippen LogP contribution is -2.19. The third kappa shape index (κ3) is 12.4. The smallest absolute Gasteiger partial charge is 0.147 e. The highest BCUT2D eigenvalue weighted by atomic mass is 16.2. The molecule has 0 atom stereocenters. The summed E-state index contributed by atoms with van der Waals surface area (Å²) in [4.78, 5) is 90.1. The van der Waals surface area contributed by atoms with Gasteiger partial charge in [-0.2, -0.15) is 0 Å². The van der Waals surface area contributed by atoms with Crippen molar-refractivity contribution in [1.29, 1.82) is 0 Å². The van der Waals surface area contributed by atoms with Crippen LogP contribution in [0.15, 0.2) is 0 Å². The third-order valence-corrected chi connectivity index (χ3v) is 2.86. The zero-order valence-corrected chi connectivity index (χ0v) is 14.2. The fraction of sp³-hybridized carbons (Fsp3) is 0.529. The second kappa shape index (κ2) is 11.0. The van der Waals surface area contributed by atoms with E-state index in [9.17, 15) is 38.4 Å². The summed E-state index contributed by atoms with van der Waals surface area (Å²) < 4.78 is 0. The highest BCUT2D eigenvalue weighted by Crippen LogP contribution is 2.04. The van der Waals surface area contributed by atoms with E-state index < -0.39 is 78.4 Å². The third-order valence-electron chi connectivity index (χ3n) is 2.86. The topological polar surface area (TPSA) is 137 Å². The Morgan fingerprint density at radius 1 is 0.360 bits per heavy atom. The average Bonchev–Trinajstić information content (AvgIpc) is 2.34. The molecular formula is C17H20O8. The zero-order chi connectivity index (χ0) is 19.6. The number of carbonyl (C=O) groups excluding carboxylic acids is 8. The molecule has 0 radical (unpaired) electrons. The number of hydrogen-bond donors (Lipinski definition) is 0. The summed E-state index contributed by atoms with van der Waals surface area (Å²) in [5.41, 5.74) is 0. The summed E-state index contributed by atoms with van der Waals surface area (Å²) in [6, 6.07) is 0. The van der Waals surface area contributed by atoms with Crippen molar-refractivity contribution in [2.24, 2.45) is 0 Å². The molecule has 0 spiro atoms. The highest BCUT2D eigenvalue weighted by Gasteiger charge is 2.20. The van der Waals surface area contributed by atoms with E-state index in [0.717, 1.165) is 0 Å². The molecule has 25 heavy (non-hydrogen) atoms. The molecule has 0 aliphatic heterocycles. The fourth-order valence-corrected chi connectivity index (χ4v) is 2.03. The van der Waals surface area contributed by atoms with Crippen LogP contribution in [0.1, 0.15) is 58.8 Å². The summed E-state index contributed by atoms with van der Waals surface area (Å²) in [5, 5.41) is 0. The SMILES string of the molecule is CC(=O)CC(=O)CC(=O)CC(=O)CC(=O)CC(=O)CC(=O)CC(C)=O. The molecule has 8 heteroatoms. The van der Waals surface area contributed by atoms with Crippen molar-refractivity contribution in [3.8, 4) is 0 Å². The van der Waals surface area contributed by atoms with Crippen molar-refractivity contribution in [2.75, 3.05) is 0 Å². The Morgan fingerprint density at radius 2 is 0.520 bits per heavy atom. The number of rotatable bonds is 14. The Hall–Kier alpha value is -2.64. The summed E-state index contributed by atoms with van der Waals surface area (Å²) in [6.45, 7) is 2.40. The van der Waals surface area contributed by atoms with E-state index in [1.54, 1.807) is 0 Å². The van der Waals surface area contributed by atoms with Crippen molar-refractivity contribution in [1.82, 2.24) is 0 Å². The van der Waals surface area contributed by atoms with E-state index in [1.165, 1.54) is 13.8 Å². The molecule has 0 rings (SSSR count). The van der Waals surface area contributed by atoms with Gasteiger partial charge in [0.2, 0.25) is 0 Å². The van der Waals surface area contributed by atoms with E-state index in [4.69, 9.17) is 0 Å². The lowest BCUT2D eigenvalue weighted by Gasteiger charge is -2.01. The van der Waals surface area contributed by atoms with Crippen LogP contribution in [0.2, 0.25) is 0 Å². The first-order valence-corrected chi connectivity index (χ1v) is 7.58. The van der Waals surface area contributed by atoms with Gasteiger partial charge in [-0.1, -0.05) is 0 Å². The Bertz CT molecular complexity index is 573. The minimum atomic E-state index is -0.742. The van der Waals surface area contributed by atoms with E-state index >= 15 is 0 Å². The molecule has 0 unspecified atom stereocenters. The maximum atomic E-state index is 11.6. The van der Waals surface area contributed by atoms with Gasteiger partial charge in [-0.3, -0.25) is 38.4 Å². The fourth-order valence-electron chi connectivity index (χ4n) is 2.03. The first kappa shape index (κ1) is 22.4. The molecular weight excluding hydrogens is 332 g/mol. The van der Waals surface area contributed by atoms with Crippen LogP contribution < -0.4 is 0 Å². The number of Topliss-reactive ketones (excluding diaryl/α,β-unsaturated/α-hetero) is 8. The molecule has 0 amide bonds. The predicted octanol–water partition coefficient (Wildman–Crippen LogP) is 0.310. The number of carbonyl (C=O) groups is 8. The van der Waals surface area contributed by atoms with Gasteiger partial charge < -0.3 is 0 Å². The minimum absolute atomic E-state index is 0.387. The molecule has 0 fully saturated rings. The van der Waals surface area contributed by atoms with E-state index in [0.29, 0.717) is 0 Å². The maximum Gasteiger partial charge on any atom is 0.147 e. The van der Waals surface area contributed by atoms with Gasteiger partial charge in [0.15, 0.2) is 0 Å². The molecule has 0 aromatic heterocycles. The molecule has 0 saturated heterocycles. The van der Waals surface area contributed by atoms with Crippen molar-refractivity contribution in [3.05, 3.63) is 0 Å². The molecule has 0 aromatic carbocycles. The van der Waals surface area contributed by atoms with Crippen LogP contribution in [0.25, 0.3) is 0 Å². The summed E-state index contributed by atoms with van der Waals surface area (Å²) >= 11 is 0. The molecule has 136 valence electrons. The Balaban J connectivity index is 4.23. The van der Waals surface area contributed by atoms with Crippen LogP contribution in [-0.2, 0) is 38.4 Å². The normalized spacial score (nSPS) is 10.0. The first-order valence-electron chi connectivity index (χ1n) is 7.58. The van der Waals surface area contributed by atoms with Crippen molar-refractivity contribution >= 4 is 46.3 Å². The van der Waals surface area contributed by atoms with Gasteiger partial charge >= 0.3 is 0 Å². The molecule has 0 heterocycles. The molecule has 8 nitrogen and oxygen atoms in total. The van der Waals surface area contributed by atoms with Crippen molar-refractivity contribution < 1.29 is 38.4 Å². The van der Waals surface area contributed by atoms with Crippen LogP contribution in [0.3, 0.4) is 0 Å². The molecule has 0 bridgehead atoms. The zero-order valence-electron chi connectivity index (χ0n) is 14.2. The maximum absolute atomic E-state index is 11.6. The van der Waals surface area contributed by atoms with Gasteiger partial charge in [0, 0.05) is 0 Å². The molecule has 0 aliphatic carbocycles. The van der Waals surface area contributed by atoms with Gasteiger partial charge in [-0.15, -0.1) is 0 Å². The summed E-state index contributed by atoms with van der Waals surface area (Å²) in [5.74, 6) is -4.87. The Kier molecular flexibility index (Phi) is 9.85. The van der Waals surface area contributed by atoms with Gasteiger partial charge in [0.25, 0.3) is 0 Å². The number of ketones is 8. The molecule has 0 aromatic rings. The van der Waals surface area contributed by atoms with E-state index in [-0.39, 0.29) is 12.8 Å². The predicted molar refractivity (Wildman–Crippen MR) is 83.7 cm³/mol. The van der Waals surface area contributed by atoms with Crippen LogP contribution in [0.4, 0.5) is 0 Å². The Morgan fingerprint density at radius 3 is 0.680 bits per heavy atom. The summed E-state index contributed by atoms with van der Waals surface area (Å²) in [6.07, 6.45) is -3.81. The second-order valence-corrected chi connectivity index (χ2v) is 5.87. The monoisotopic (exact) mass is 352 g/mol. The number of hydrogen-bond acceptors (Lipinski definition) is 8. The van der Waals surface area contributed by atoms with E-state index in [2.05, 4.69) is 0 Å². The van der Waals surface area contributed by atoms with Crippen LogP contribution in [0, 0.1) is 0 Å². The van der Waals surface area contributed by atoms with Gasteiger partial charge in [-0.25, -0.2) is 0 Å². The van der Waals surface area contributed by atoms with Gasteiger partial charge in [0.05, 0.1) is 44.9 Å². The summed E-state index contributed by atoms with van der Waals surface area (Å²) in [7, 11) is 0. The largest absolute Gasteiger partial charge is 0.300 e. The van der Waals surface area contributed by atoms with E-state index in [1.807, 2.05) is 0 Å². The average molecular weight is 352 g/mol. The molecule has 0 saturated carbocycles. The highest BCUT2D eigenvalue weighted by molar-refractivity contribution is 6.16. The quantitative estimate of drug-likeness (QED) is 0.407. The van der Waals surface area contributed by atoms with Gasteiger partial charge in [-0.05, 0) is 13.8 Å². The minimum Gasteiger partial charge on any atom is -0.300 e. The Labute approximate surface area is 144 Å². The standard InChI is InChI=1S/C17H20O8/c1-10(18)3-12(20)5-14(22)7-16(24)9-17(25)8-15(23)6-13(21)4-11(2)19/h3-9H2,1-2H3. The van der Waals surface area contributed by atoms with Crippen LogP contribution >= 0.6 is 0 Å². The lowest BCUT2D eigenvalue weighted by atomic mass is 10.0. The van der Waals surface area contributed by atoms with Crippen LogP contribution in [0.5, 0.6) is 0 Å². The molecule has 0 aliphatic rings. The van der Waals surface area contributed by atoms with Crippen molar-refractivity contribution in [3.63, 3.8) is 0 Å². The lowest BCUT2D eigenvalue weighted by molar-refractivity contribution is -0.132.